The van der Waals surface area contributed by atoms with Gasteiger partial charge in [-0.1, -0.05) is 48.0 Å². The number of fused-ring (bicyclic) bond motifs is 2. The minimum absolute atomic E-state index is 0.00476. The summed E-state index contributed by atoms with van der Waals surface area (Å²) in [6, 6.07) is 26.0. The number of para-hydroxylation sites is 1. The van der Waals surface area contributed by atoms with E-state index in [0.29, 0.717) is 38.9 Å². The maximum Gasteiger partial charge on any atom is 0.296 e. The molecule has 1 unspecified atom stereocenters. The number of aromatic nitrogens is 1. The molecule has 0 saturated heterocycles. The monoisotopic (exact) mass is 480 g/mol. The molecule has 5 aromatic rings. The number of carbonyl (C=O) groups is 1. The lowest BCUT2D eigenvalue weighted by atomic mass is 9.98. The average Bonchev–Trinajstić information content (AvgIpc) is 3.18. The van der Waals surface area contributed by atoms with Crippen LogP contribution in [0.1, 0.15) is 27.7 Å². The molecular weight excluding hydrogens is 464 g/mol. The van der Waals surface area contributed by atoms with Crippen LogP contribution < -0.4 is 15.1 Å². The normalized spacial score (nSPS) is 14.8. The Morgan fingerprint density at radius 3 is 2.46 bits per heavy atom. The van der Waals surface area contributed by atoms with E-state index in [0.717, 1.165) is 0 Å². The number of benzene rings is 3. The highest BCUT2D eigenvalue weighted by atomic mass is 35.5. The largest absolute Gasteiger partial charge is 0.457 e. The lowest BCUT2D eigenvalue weighted by molar-refractivity contribution is 0.0970. The summed E-state index contributed by atoms with van der Waals surface area (Å²) in [6.45, 7) is 0. The molecule has 7 heteroatoms. The summed E-state index contributed by atoms with van der Waals surface area (Å²) in [7, 11) is 0. The number of halogens is 1. The molecular formula is C28H17ClN2O4. The van der Waals surface area contributed by atoms with Crippen molar-refractivity contribution in [2.75, 3.05) is 4.90 Å². The highest BCUT2D eigenvalue weighted by molar-refractivity contribution is 6.31. The predicted molar refractivity (Wildman–Crippen MR) is 133 cm³/mol. The van der Waals surface area contributed by atoms with E-state index < -0.39 is 11.9 Å². The molecule has 6 nitrogen and oxygen atoms in total. The minimum Gasteiger partial charge on any atom is -0.457 e. The van der Waals surface area contributed by atoms with Crippen LogP contribution in [0.25, 0.3) is 11.0 Å². The van der Waals surface area contributed by atoms with Gasteiger partial charge >= 0.3 is 0 Å². The number of carbonyl (C=O) groups excluding carboxylic acids is 1. The van der Waals surface area contributed by atoms with Crippen LogP contribution in [0.4, 0.5) is 5.82 Å². The van der Waals surface area contributed by atoms with Crippen LogP contribution in [0.3, 0.4) is 0 Å². The molecule has 6 rings (SSSR count). The Bertz CT molecular complexity index is 1630. The molecule has 1 aliphatic rings. The first-order chi connectivity index (χ1) is 17.1. The van der Waals surface area contributed by atoms with Gasteiger partial charge < -0.3 is 9.15 Å². The van der Waals surface area contributed by atoms with Crippen molar-refractivity contribution >= 4 is 34.3 Å². The molecule has 0 spiro atoms. The number of nitrogens with zero attached hydrogens (tertiary/aromatic N) is 2. The standard InChI is InChI=1S/C28H17ClN2O4/c29-18-12-13-22-21(16-18)26(32)24-25(31(28(33)27(24)35-22)23-11-4-5-14-30-23)17-7-6-10-20(15-17)34-19-8-2-1-3-9-19/h1-16,25H. The Morgan fingerprint density at radius 1 is 0.857 bits per heavy atom. The summed E-state index contributed by atoms with van der Waals surface area (Å²) >= 11 is 6.16. The third-order valence-corrected chi connectivity index (χ3v) is 6.12. The molecule has 1 amide bonds. The van der Waals surface area contributed by atoms with Crippen LogP contribution in [-0.2, 0) is 0 Å². The van der Waals surface area contributed by atoms with Gasteiger partial charge in [0.1, 0.15) is 22.9 Å². The number of ether oxygens (including phenoxy) is 1. The van der Waals surface area contributed by atoms with Crippen molar-refractivity contribution in [3.05, 3.63) is 129 Å². The van der Waals surface area contributed by atoms with Crippen LogP contribution in [0, 0.1) is 0 Å². The Hall–Kier alpha value is -4.42. The number of amides is 1. The highest BCUT2D eigenvalue weighted by Crippen LogP contribution is 2.41. The van der Waals surface area contributed by atoms with Gasteiger partial charge in [0.05, 0.1) is 17.0 Å². The SMILES string of the molecule is O=C1c2oc3ccc(Cl)cc3c(=O)c2C(c2cccc(Oc3ccccc3)c2)N1c1ccccn1. The highest BCUT2D eigenvalue weighted by Gasteiger charge is 2.44. The number of anilines is 1. The second kappa shape index (κ2) is 8.42. The Labute approximate surface area is 205 Å². The summed E-state index contributed by atoms with van der Waals surface area (Å²) in [4.78, 5) is 33.2. The fourth-order valence-electron chi connectivity index (χ4n) is 4.37. The van der Waals surface area contributed by atoms with Gasteiger partial charge in [-0.15, -0.1) is 0 Å². The van der Waals surface area contributed by atoms with Crippen molar-refractivity contribution in [2.24, 2.45) is 0 Å². The Balaban J connectivity index is 1.56. The summed E-state index contributed by atoms with van der Waals surface area (Å²) in [5.74, 6) is 1.21. The fraction of sp³-hybridized carbons (Fsp3) is 0.0357. The van der Waals surface area contributed by atoms with Crippen molar-refractivity contribution in [3.63, 3.8) is 0 Å². The molecule has 0 N–H and O–H groups in total. The molecule has 0 bridgehead atoms. The summed E-state index contributed by atoms with van der Waals surface area (Å²) in [5, 5.41) is 0.721. The zero-order valence-corrected chi connectivity index (χ0v) is 19.0. The average molecular weight is 481 g/mol. The van der Waals surface area contributed by atoms with Crippen LogP contribution in [-0.4, -0.2) is 10.9 Å². The van der Waals surface area contributed by atoms with Crippen molar-refractivity contribution < 1.29 is 13.9 Å². The van der Waals surface area contributed by atoms with Gasteiger partial charge in [-0.3, -0.25) is 14.5 Å². The van der Waals surface area contributed by atoms with Gasteiger partial charge in [-0.25, -0.2) is 4.98 Å². The van der Waals surface area contributed by atoms with Gasteiger partial charge in [-0.05, 0) is 60.2 Å². The topological polar surface area (TPSA) is 72.6 Å². The van der Waals surface area contributed by atoms with Crippen LogP contribution in [0.15, 0.2) is 106 Å². The van der Waals surface area contributed by atoms with Gasteiger partial charge in [0.2, 0.25) is 5.76 Å². The van der Waals surface area contributed by atoms with Crippen molar-refractivity contribution in [1.82, 2.24) is 4.98 Å². The van der Waals surface area contributed by atoms with E-state index in [1.165, 1.54) is 4.90 Å². The second-order valence-corrected chi connectivity index (χ2v) is 8.50. The minimum atomic E-state index is -0.758. The van der Waals surface area contributed by atoms with Gasteiger partial charge in [0.25, 0.3) is 5.91 Å². The van der Waals surface area contributed by atoms with Crippen molar-refractivity contribution in [2.45, 2.75) is 6.04 Å². The molecule has 0 saturated carbocycles. The summed E-state index contributed by atoms with van der Waals surface area (Å²) < 4.78 is 12.0. The van der Waals surface area contributed by atoms with Gasteiger partial charge in [-0.2, -0.15) is 0 Å². The van der Waals surface area contributed by atoms with E-state index >= 15 is 0 Å². The Morgan fingerprint density at radius 2 is 1.66 bits per heavy atom. The molecule has 3 heterocycles. The Kier molecular flexibility index (Phi) is 5.08. The third kappa shape index (κ3) is 3.64. The lowest BCUT2D eigenvalue weighted by Crippen LogP contribution is -2.30. The lowest BCUT2D eigenvalue weighted by Gasteiger charge is -2.24. The quantitative estimate of drug-likeness (QED) is 0.298. The zero-order chi connectivity index (χ0) is 23.9. The summed E-state index contributed by atoms with van der Waals surface area (Å²) in [6.07, 6.45) is 1.60. The first-order valence-corrected chi connectivity index (χ1v) is 11.3. The van der Waals surface area contributed by atoms with Gasteiger partial charge in [0, 0.05) is 11.2 Å². The number of rotatable bonds is 4. The third-order valence-electron chi connectivity index (χ3n) is 5.88. The van der Waals surface area contributed by atoms with Crippen LogP contribution in [0.5, 0.6) is 11.5 Å². The number of hydrogen-bond acceptors (Lipinski definition) is 5. The molecule has 35 heavy (non-hydrogen) atoms. The predicted octanol–water partition coefficient (Wildman–Crippen LogP) is 6.38. The molecule has 0 radical (unpaired) electrons. The van der Waals surface area contributed by atoms with E-state index in [9.17, 15) is 9.59 Å². The molecule has 170 valence electrons. The first-order valence-electron chi connectivity index (χ1n) is 10.9. The van der Waals surface area contributed by atoms with Crippen molar-refractivity contribution in [1.29, 1.82) is 0 Å². The van der Waals surface area contributed by atoms with Crippen molar-refractivity contribution in [3.8, 4) is 11.5 Å². The van der Waals surface area contributed by atoms with E-state index in [-0.39, 0.29) is 16.8 Å². The smallest absolute Gasteiger partial charge is 0.296 e. The molecule has 0 aliphatic carbocycles. The second-order valence-electron chi connectivity index (χ2n) is 8.07. The van der Waals surface area contributed by atoms with E-state index in [1.807, 2.05) is 54.6 Å². The molecule has 2 aromatic heterocycles. The fourth-order valence-corrected chi connectivity index (χ4v) is 4.54. The molecule has 3 aromatic carbocycles. The molecule has 0 fully saturated rings. The van der Waals surface area contributed by atoms with Gasteiger partial charge in [0.15, 0.2) is 5.43 Å². The molecule has 1 atom stereocenters. The van der Waals surface area contributed by atoms with E-state index in [1.54, 1.807) is 42.6 Å². The number of hydrogen-bond donors (Lipinski definition) is 0. The maximum absolute atomic E-state index is 13.7. The maximum atomic E-state index is 13.7. The van der Waals surface area contributed by atoms with Crippen LogP contribution in [0.2, 0.25) is 5.02 Å². The zero-order valence-electron chi connectivity index (χ0n) is 18.2. The van der Waals surface area contributed by atoms with E-state index in [4.69, 9.17) is 20.8 Å². The summed E-state index contributed by atoms with van der Waals surface area (Å²) in [5.41, 5.74) is 0.918. The number of pyridine rings is 1. The first kappa shape index (κ1) is 21.1. The van der Waals surface area contributed by atoms with Crippen LogP contribution >= 0.6 is 11.6 Å². The molecule has 1 aliphatic heterocycles. The van der Waals surface area contributed by atoms with E-state index in [2.05, 4.69) is 4.98 Å².